The molecule has 1 atom stereocenters. The molecular weight excluding hydrogens is 246 g/mol. The number of rotatable bonds is 2. The van der Waals surface area contributed by atoms with Crippen molar-refractivity contribution in [2.45, 2.75) is 6.04 Å². The van der Waals surface area contributed by atoms with Crippen LogP contribution in [0, 0.1) is 0 Å². The second-order valence-corrected chi connectivity index (χ2v) is 4.79. The molecule has 2 rings (SSSR count). The Labute approximate surface area is 112 Å². The molecule has 2 heterocycles. The summed E-state index contributed by atoms with van der Waals surface area (Å²) in [5, 5.41) is 6.61. The van der Waals surface area contributed by atoms with Crippen LogP contribution in [0.25, 0.3) is 0 Å². The third-order valence-electron chi connectivity index (χ3n) is 3.35. The zero-order valence-electron chi connectivity index (χ0n) is 11.5. The molecule has 0 spiro atoms. The lowest BCUT2D eigenvalue weighted by Gasteiger charge is -2.38. The highest BCUT2D eigenvalue weighted by molar-refractivity contribution is 5.97. The van der Waals surface area contributed by atoms with Crippen molar-refractivity contribution in [3.63, 3.8) is 0 Å². The summed E-state index contributed by atoms with van der Waals surface area (Å²) < 4.78 is 1.58. The molecule has 0 radical (unpaired) electrons. The van der Waals surface area contributed by atoms with Crippen LogP contribution < -0.4 is 5.32 Å². The topological polar surface area (TPSA) is 70.5 Å². The van der Waals surface area contributed by atoms with E-state index in [1.54, 1.807) is 29.9 Å². The Morgan fingerprint density at radius 1 is 1.37 bits per heavy atom. The summed E-state index contributed by atoms with van der Waals surface area (Å²) in [7, 11) is 5.29. The van der Waals surface area contributed by atoms with Gasteiger partial charge in [-0.15, -0.1) is 0 Å². The highest BCUT2D eigenvalue weighted by Gasteiger charge is 2.34. The highest BCUT2D eigenvalue weighted by Crippen LogP contribution is 2.13. The van der Waals surface area contributed by atoms with Crippen LogP contribution in [0.3, 0.4) is 0 Å². The molecule has 1 saturated heterocycles. The first-order chi connectivity index (χ1) is 9.02. The summed E-state index contributed by atoms with van der Waals surface area (Å²) in [4.78, 5) is 28.0. The quantitative estimate of drug-likeness (QED) is 0.738. The number of hydrogen-bond donors (Lipinski definition) is 1. The maximum atomic E-state index is 12.4. The van der Waals surface area contributed by atoms with Gasteiger partial charge in [-0.1, -0.05) is 0 Å². The first kappa shape index (κ1) is 13.5. The normalized spacial score (nSPS) is 20.4. The van der Waals surface area contributed by atoms with E-state index in [1.165, 1.54) is 6.20 Å². The van der Waals surface area contributed by atoms with Crippen molar-refractivity contribution in [2.75, 3.05) is 33.7 Å². The first-order valence-corrected chi connectivity index (χ1v) is 6.22. The van der Waals surface area contributed by atoms with Crippen LogP contribution in [0.4, 0.5) is 0 Å². The molecule has 0 aliphatic carbocycles. The van der Waals surface area contributed by atoms with Crippen LogP contribution in [-0.2, 0) is 11.8 Å². The molecule has 0 aromatic carbocycles. The Morgan fingerprint density at radius 3 is 2.68 bits per heavy atom. The molecule has 1 aliphatic rings. The number of aromatic nitrogens is 2. The molecule has 1 fully saturated rings. The minimum Gasteiger partial charge on any atom is -0.357 e. The largest absolute Gasteiger partial charge is 0.357 e. The van der Waals surface area contributed by atoms with Gasteiger partial charge in [-0.3, -0.25) is 14.3 Å². The SMILES string of the molecule is CNC(=O)[C@@H]1CN(C)CCN1C(=O)c1cnn(C)c1. The zero-order valence-corrected chi connectivity index (χ0v) is 11.5. The lowest BCUT2D eigenvalue weighted by atomic mass is 10.1. The lowest BCUT2D eigenvalue weighted by Crippen LogP contribution is -2.59. The Bertz CT molecular complexity index is 484. The van der Waals surface area contributed by atoms with Crippen molar-refractivity contribution in [3.8, 4) is 0 Å². The van der Waals surface area contributed by atoms with E-state index in [1.807, 2.05) is 11.9 Å². The monoisotopic (exact) mass is 265 g/mol. The van der Waals surface area contributed by atoms with Gasteiger partial charge in [0.1, 0.15) is 6.04 Å². The molecule has 7 heteroatoms. The van der Waals surface area contributed by atoms with E-state index < -0.39 is 6.04 Å². The fraction of sp³-hybridized carbons (Fsp3) is 0.583. The number of likely N-dealkylation sites (N-methyl/N-ethyl adjacent to an activating group) is 2. The lowest BCUT2D eigenvalue weighted by molar-refractivity contribution is -0.126. The maximum absolute atomic E-state index is 12.4. The van der Waals surface area contributed by atoms with Crippen LogP contribution in [-0.4, -0.2) is 71.2 Å². The number of carbonyl (C=O) groups excluding carboxylic acids is 2. The molecule has 0 unspecified atom stereocenters. The van der Waals surface area contributed by atoms with Gasteiger partial charge in [0.25, 0.3) is 5.91 Å². The van der Waals surface area contributed by atoms with Crippen LogP contribution in [0.5, 0.6) is 0 Å². The van der Waals surface area contributed by atoms with Crippen LogP contribution >= 0.6 is 0 Å². The summed E-state index contributed by atoms with van der Waals surface area (Å²) >= 11 is 0. The van der Waals surface area contributed by atoms with Gasteiger partial charge >= 0.3 is 0 Å². The summed E-state index contributed by atoms with van der Waals surface area (Å²) in [5.41, 5.74) is 0.515. The minimum atomic E-state index is -0.448. The molecule has 1 aliphatic heterocycles. The van der Waals surface area contributed by atoms with Crippen LogP contribution in [0.15, 0.2) is 12.4 Å². The Kier molecular flexibility index (Phi) is 3.84. The standard InChI is InChI=1S/C12H19N5O2/c1-13-11(18)10-8-15(2)4-5-17(10)12(19)9-6-14-16(3)7-9/h6-7,10H,4-5,8H2,1-3H3,(H,13,18)/t10-/m0/s1. The third-order valence-corrected chi connectivity index (χ3v) is 3.35. The number of amides is 2. The van der Waals surface area contributed by atoms with Crippen molar-refractivity contribution in [1.82, 2.24) is 24.9 Å². The molecule has 104 valence electrons. The Hall–Kier alpha value is -1.89. The number of hydrogen-bond acceptors (Lipinski definition) is 4. The molecule has 1 aromatic heterocycles. The zero-order chi connectivity index (χ0) is 14.0. The molecule has 0 saturated carbocycles. The average molecular weight is 265 g/mol. The smallest absolute Gasteiger partial charge is 0.257 e. The summed E-state index contributed by atoms with van der Waals surface area (Å²) in [5.74, 6) is -0.279. The second kappa shape index (κ2) is 5.40. The Balaban J connectivity index is 2.20. The van der Waals surface area contributed by atoms with Gasteiger partial charge < -0.3 is 15.1 Å². The van der Waals surface area contributed by atoms with E-state index in [0.29, 0.717) is 18.7 Å². The maximum Gasteiger partial charge on any atom is 0.257 e. The van der Waals surface area contributed by atoms with Crippen molar-refractivity contribution in [1.29, 1.82) is 0 Å². The number of nitrogens with zero attached hydrogens (tertiary/aromatic N) is 4. The van der Waals surface area contributed by atoms with E-state index in [9.17, 15) is 9.59 Å². The predicted molar refractivity (Wildman–Crippen MR) is 69.6 cm³/mol. The fourth-order valence-corrected chi connectivity index (χ4v) is 2.25. The second-order valence-electron chi connectivity index (χ2n) is 4.79. The van der Waals surface area contributed by atoms with Gasteiger partial charge in [-0.05, 0) is 7.05 Å². The molecule has 7 nitrogen and oxygen atoms in total. The highest BCUT2D eigenvalue weighted by atomic mass is 16.2. The van der Waals surface area contributed by atoms with Gasteiger partial charge in [0.2, 0.25) is 5.91 Å². The van der Waals surface area contributed by atoms with Gasteiger partial charge in [-0.2, -0.15) is 5.10 Å². The molecule has 1 aromatic rings. The van der Waals surface area contributed by atoms with Gasteiger partial charge in [-0.25, -0.2) is 0 Å². The molecule has 1 N–H and O–H groups in total. The Morgan fingerprint density at radius 2 is 2.11 bits per heavy atom. The van der Waals surface area contributed by atoms with E-state index in [4.69, 9.17) is 0 Å². The number of aryl methyl sites for hydroxylation is 1. The average Bonchev–Trinajstić information content (AvgIpc) is 2.83. The van der Waals surface area contributed by atoms with Crippen LogP contribution in [0.2, 0.25) is 0 Å². The summed E-state index contributed by atoms with van der Waals surface area (Å²) in [6.45, 7) is 1.85. The van der Waals surface area contributed by atoms with Crippen molar-refractivity contribution < 1.29 is 9.59 Å². The van der Waals surface area contributed by atoms with E-state index in [0.717, 1.165) is 6.54 Å². The van der Waals surface area contributed by atoms with Crippen molar-refractivity contribution in [2.24, 2.45) is 7.05 Å². The summed E-state index contributed by atoms with van der Waals surface area (Å²) in [6.07, 6.45) is 3.20. The van der Waals surface area contributed by atoms with E-state index >= 15 is 0 Å². The van der Waals surface area contributed by atoms with Gasteiger partial charge in [0.05, 0.1) is 11.8 Å². The predicted octanol–water partition coefficient (Wildman–Crippen LogP) is -1.08. The van der Waals surface area contributed by atoms with Crippen LogP contribution in [0.1, 0.15) is 10.4 Å². The number of piperazine rings is 1. The summed E-state index contributed by atoms with van der Waals surface area (Å²) in [6, 6.07) is -0.448. The third kappa shape index (κ3) is 2.76. The number of nitrogens with one attached hydrogen (secondary N) is 1. The minimum absolute atomic E-state index is 0.135. The first-order valence-electron chi connectivity index (χ1n) is 6.22. The molecule has 0 bridgehead atoms. The van der Waals surface area contributed by atoms with Crippen molar-refractivity contribution in [3.05, 3.63) is 18.0 Å². The van der Waals surface area contributed by atoms with E-state index in [-0.39, 0.29) is 11.8 Å². The van der Waals surface area contributed by atoms with Crippen molar-refractivity contribution >= 4 is 11.8 Å². The number of carbonyl (C=O) groups is 2. The van der Waals surface area contributed by atoms with Gasteiger partial charge in [0, 0.05) is 39.9 Å². The molecule has 19 heavy (non-hydrogen) atoms. The molecular formula is C12H19N5O2. The fourth-order valence-electron chi connectivity index (χ4n) is 2.25. The van der Waals surface area contributed by atoms with E-state index in [2.05, 4.69) is 10.4 Å². The van der Waals surface area contributed by atoms with Gasteiger partial charge in [0.15, 0.2) is 0 Å². The molecule has 2 amide bonds.